The fraction of sp³-hybridized carbons (Fsp3) is 0.182. The minimum absolute atomic E-state index is 0.142. The van der Waals surface area contributed by atoms with E-state index >= 15 is 0 Å². The maximum absolute atomic E-state index is 13.2. The number of carbonyl (C=O) groups is 1. The summed E-state index contributed by atoms with van der Waals surface area (Å²) in [6.45, 7) is 3.02. The molecule has 0 saturated carbocycles. The molecule has 0 radical (unpaired) electrons. The number of hydrogen-bond acceptors (Lipinski definition) is 4. The number of benzene rings is 2. The van der Waals surface area contributed by atoms with Gasteiger partial charge in [-0.3, -0.25) is 4.79 Å². The highest BCUT2D eigenvalue weighted by Gasteiger charge is 2.32. The van der Waals surface area contributed by atoms with Gasteiger partial charge in [-0.1, -0.05) is 24.3 Å². The zero-order chi connectivity index (χ0) is 20.0. The molecule has 1 amide bonds. The van der Waals surface area contributed by atoms with Crippen LogP contribution in [0.25, 0.3) is 22.4 Å². The van der Waals surface area contributed by atoms with Gasteiger partial charge in [0.15, 0.2) is 11.6 Å². The van der Waals surface area contributed by atoms with E-state index in [4.69, 9.17) is 4.98 Å². The molecule has 144 valence electrons. The van der Waals surface area contributed by atoms with Crippen LogP contribution in [0.15, 0.2) is 60.7 Å². The molecule has 0 N–H and O–H groups in total. The second-order valence-electron chi connectivity index (χ2n) is 7.10. The fourth-order valence-electron chi connectivity index (χ4n) is 3.80. The van der Waals surface area contributed by atoms with E-state index in [0.29, 0.717) is 24.5 Å². The van der Waals surface area contributed by atoms with Gasteiger partial charge >= 0.3 is 0 Å². The SMILES string of the molecule is C[C@@H]1c2nnc(-c3ccc4ccccc4n3)n2CCN1C(=O)c1ccc(F)cc1. The molecule has 0 saturated heterocycles. The monoisotopic (exact) mass is 387 g/mol. The minimum Gasteiger partial charge on any atom is -0.327 e. The molecule has 29 heavy (non-hydrogen) atoms. The Hall–Kier alpha value is -3.61. The normalized spacial score (nSPS) is 16.1. The summed E-state index contributed by atoms with van der Waals surface area (Å²) < 4.78 is 15.2. The molecule has 2 aromatic carbocycles. The highest BCUT2D eigenvalue weighted by Crippen LogP contribution is 2.29. The first-order chi connectivity index (χ1) is 14.1. The Morgan fingerprint density at radius 2 is 1.79 bits per heavy atom. The van der Waals surface area contributed by atoms with Crippen LogP contribution in [0.3, 0.4) is 0 Å². The van der Waals surface area contributed by atoms with E-state index in [-0.39, 0.29) is 17.8 Å². The first kappa shape index (κ1) is 17.5. The number of halogens is 1. The largest absolute Gasteiger partial charge is 0.327 e. The lowest BCUT2D eigenvalue weighted by Crippen LogP contribution is -2.41. The van der Waals surface area contributed by atoms with Gasteiger partial charge in [0.1, 0.15) is 11.5 Å². The summed E-state index contributed by atoms with van der Waals surface area (Å²) in [5, 5.41) is 9.79. The van der Waals surface area contributed by atoms with Crippen molar-refractivity contribution in [1.29, 1.82) is 0 Å². The minimum atomic E-state index is -0.361. The standard InChI is InChI=1S/C22H18FN5O/c1-14-20-25-26-21(19-11-8-15-4-2-3-5-18(15)24-19)28(20)13-12-27(14)22(29)16-6-9-17(23)10-7-16/h2-11,14H,12-13H2,1H3/t14-/m1/s1. The summed E-state index contributed by atoms with van der Waals surface area (Å²) in [6, 6.07) is 17.3. The highest BCUT2D eigenvalue weighted by molar-refractivity contribution is 5.94. The Balaban J connectivity index is 1.47. The van der Waals surface area contributed by atoms with Gasteiger partial charge in [0.05, 0.1) is 11.6 Å². The Morgan fingerprint density at radius 1 is 1.00 bits per heavy atom. The first-order valence-corrected chi connectivity index (χ1v) is 9.47. The summed E-state index contributed by atoms with van der Waals surface area (Å²) in [5.74, 6) is 0.917. The van der Waals surface area contributed by atoms with Crippen LogP contribution in [0.4, 0.5) is 4.39 Å². The van der Waals surface area contributed by atoms with Crippen molar-refractivity contribution in [3.8, 4) is 11.5 Å². The van der Waals surface area contributed by atoms with Crippen molar-refractivity contribution in [2.45, 2.75) is 19.5 Å². The second-order valence-corrected chi connectivity index (χ2v) is 7.10. The summed E-state index contributed by atoms with van der Waals surface area (Å²) in [6.07, 6.45) is 0. The lowest BCUT2D eigenvalue weighted by atomic mass is 10.1. The Bertz CT molecular complexity index is 1220. The highest BCUT2D eigenvalue weighted by atomic mass is 19.1. The van der Waals surface area contributed by atoms with Crippen molar-refractivity contribution in [3.05, 3.63) is 77.9 Å². The maximum Gasteiger partial charge on any atom is 0.254 e. The van der Waals surface area contributed by atoms with Gasteiger partial charge in [-0.25, -0.2) is 9.37 Å². The third-order valence-corrected chi connectivity index (χ3v) is 5.36. The second kappa shape index (κ2) is 6.77. The average Bonchev–Trinajstić information content (AvgIpc) is 3.19. The van der Waals surface area contributed by atoms with Crippen LogP contribution in [0.2, 0.25) is 0 Å². The van der Waals surface area contributed by atoms with E-state index in [1.807, 2.05) is 47.9 Å². The summed E-state index contributed by atoms with van der Waals surface area (Å²) >= 11 is 0. The van der Waals surface area contributed by atoms with Crippen LogP contribution < -0.4 is 0 Å². The lowest BCUT2D eigenvalue weighted by molar-refractivity contribution is 0.0638. The number of aromatic nitrogens is 4. The molecule has 0 fully saturated rings. The zero-order valence-corrected chi connectivity index (χ0v) is 15.8. The molecule has 7 heteroatoms. The molecule has 1 atom stereocenters. The van der Waals surface area contributed by atoms with Crippen LogP contribution >= 0.6 is 0 Å². The molecule has 1 aliphatic rings. The molecule has 4 aromatic rings. The number of para-hydroxylation sites is 1. The van der Waals surface area contributed by atoms with Gasteiger partial charge in [-0.15, -0.1) is 10.2 Å². The molecule has 1 aliphatic heterocycles. The third-order valence-electron chi connectivity index (χ3n) is 5.36. The molecule has 2 aromatic heterocycles. The summed E-state index contributed by atoms with van der Waals surface area (Å²) in [5.41, 5.74) is 2.12. The molecule has 0 bridgehead atoms. The van der Waals surface area contributed by atoms with Gasteiger partial charge in [0, 0.05) is 24.0 Å². The van der Waals surface area contributed by atoms with Gasteiger partial charge in [-0.2, -0.15) is 0 Å². The summed E-state index contributed by atoms with van der Waals surface area (Å²) in [4.78, 5) is 19.4. The molecular weight excluding hydrogens is 369 g/mol. The van der Waals surface area contributed by atoms with Crippen LogP contribution in [0.5, 0.6) is 0 Å². The average molecular weight is 387 g/mol. The van der Waals surface area contributed by atoms with Crippen LogP contribution in [-0.4, -0.2) is 37.1 Å². The van der Waals surface area contributed by atoms with Gasteiger partial charge in [-0.05, 0) is 43.3 Å². The predicted molar refractivity (Wildman–Crippen MR) is 107 cm³/mol. The van der Waals surface area contributed by atoms with Crippen molar-refractivity contribution in [1.82, 2.24) is 24.6 Å². The summed E-state index contributed by atoms with van der Waals surface area (Å²) in [7, 11) is 0. The molecule has 0 spiro atoms. The molecule has 6 nitrogen and oxygen atoms in total. The maximum atomic E-state index is 13.2. The number of amides is 1. The molecule has 5 rings (SSSR count). The van der Waals surface area contributed by atoms with E-state index < -0.39 is 0 Å². The topological polar surface area (TPSA) is 63.9 Å². The van der Waals surface area contributed by atoms with Crippen LogP contribution in [-0.2, 0) is 6.54 Å². The third kappa shape index (κ3) is 2.95. The Morgan fingerprint density at radius 3 is 2.62 bits per heavy atom. The van der Waals surface area contributed by atoms with Crippen molar-refractivity contribution in [2.75, 3.05) is 6.54 Å². The zero-order valence-electron chi connectivity index (χ0n) is 15.8. The van der Waals surface area contributed by atoms with E-state index in [0.717, 1.165) is 22.4 Å². The molecule has 0 unspecified atom stereocenters. The quantitative estimate of drug-likeness (QED) is 0.524. The number of fused-ring (bicyclic) bond motifs is 2. The number of nitrogens with zero attached hydrogens (tertiary/aromatic N) is 5. The van der Waals surface area contributed by atoms with Crippen LogP contribution in [0.1, 0.15) is 29.1 Å². The van der Waals surface area contributed by atoms with Gasteiger partial charge in [0.25, 0.3) is 5.91 Å². The number of carbonyl (C=O) groups excluding carboxylic acids is 1. The predicted octanol–water partition coefficient (Wildman–Crippen LogP) is 3.85. The van der Waals surface area contributed by atoms with E-state index in [1.54, 1.807) is 4.90 Å². The molecule has 3 heterocycles. The van der Waals surface area contributed by atoms with Crippen molar-refractivity contribution >= 4 is 16.8 Å². The van der Waals surface area contributed by atoms with Crippen molar-refractivity contribution in [3.63, 3.8) is 0 Å². The van der Waals surface area contributed by atoms with E-state index in [1.165, 1.54) is 24.3 Å². The van der Waals surface area contributed by atoms with Crippen molar-refractivity contribution < 1.29 is 9.18 Å². The lowest BCUT2D eigenvalue weighted by Gasteiger charge is -2.33. The smallest absolute Gasteiger partial charge is 0.254 e. The number of hydrogen-bond donors (Lipinski definition) is 0. The van der Waals surface area contributed by atoms with Crippen molar-refractivity contribution in [2.24, 2.45) is 0 Å². The van der Waals surface area contributed by atoms with Gasteiger partial charge in [0.2, 0.25) is 0 Å². The van der Waals surface area contributed by atoms with Gasteiger partial charge < -0.3 is 9.47 Å². The molecule has 0 aliphatic carbocycles. The first-order valence-electron chi connectivity index (χ1n) is 9.47. The number of pyridine rings is 1. The van der Waals surface area contributed by atoms with E-state index in [9.17, 15) is 9.18 Å². The van der Waals surface area contributed by atoms with E-state index in [2.05, 4.69) is 10.2 Å². The Labute approximate surface area is 166 Å². The Kier molecular flexibility index (Phi) is 4.08. The fourth-order valence-corrected chi connectivity index (χ4v) is 3.80. The molecular formula is C22H18FN5O. The van der Waals surface area contributed by atoms with Crippen LogP contribution in [0, 0.1) is 5.82 Å². The number of rotatable bonds is 2.